The average molecular weight is 404 g/mol. The number of rotatable bonds is 6. The van der Waals surface area contributed by atoms with E-state index in [0.717, 1.165) is 35.4 Å². The zero-order valence-electron chi connectivity index (χ0n) is 16.9. The van der Waals surface area contributed by atoms with Crippen molar-refractivity contribution < 1.29 is 18.7 Å². The molecule has 2 aromatic carbocycles. The van der Waals surface area contributed by atoms with Crippen molar-refractivity contribution >= 4 is 23.2 Å². The van der Waals surface area contributed by atoms with E-state index >= 15 is 0 Å². The molecule has 2 heterocycles. The first-order valence-corrected chi connectivity index (χ1v) is 10.0. The number of benzene rings is 2. The third-order valence-corrected chi connectivity index (χ3v) is 5.26. The lowest BCUT2D eigenvalue weighted by Gasteiger charge is -2.29. The highest BCUT2D eigenvalue weighted by Crippen LogP contribution is 2.31. The highest BCUT2D eigenvalue weighted by Gasteiger charge is 2.25. The number of carbonyl (C=O) groups excluding carboxylic acids is 2. The molecule has 3 aromatic rings. The van der Waals surface area contributed by atoms with Crippen LogP contribution >= 0.6 is 0 Å². The molecule has 0 bridgehead atoms. The molecular formula is C24H24N2O4. The summed E-state index contributed by atoms with van der Waals surface area (Å²) in [4.78, 5) is 27.0. The molecule has 2 amide bonds. The molecule has 154 valence electrons. The molecule has 0 saturated carbocycles. The third kappa shape index (κ3) is 4.38. The molecule has 1 aliphatic rings. The van der Waals surface area contributed by atoms with Crippen molar-refractivity contribution in [3.63, 3.8) is 0 Å². The van der Waals surface area contributed by atoms with E-state index in [0.29, 0.717) is 30.8 Å². The van der Waals surface area contributed by atoms with E-state index in [1.165, 1.54) is 6.26 Å². The summed E-state index contributed by atoms with van der Waals surface area (Å²) in [6.07, 6.45) is 4.32. The van der Waals surface area contributed by atoms with E-state index in [1.807, 2.05) is 42.5 Å². The fourth-order valence-electron chi connectivity index (χ4n) is 3.67. The van der Waals surface area contributed by atoms with Crippen LogP contribution in [0.1, 0.15) is 34.5 Å². The molecule has 1 aliphatic heterocycles. The van der Waals surface area contributed by atoms with E-state index in [-0.39, 0.29) is 11.8 Å². The summed E-state index contributed by atoms with van der Waals surface area (Å²) in [5.74, 6) is 0.886. The number of anilines is 2. The minimum Gasteiger partial charge on any atom is -0.497 e. The van der Waals surface area contributed by atoms with Gasteiger partial charge in [0.15, 0.2) is 5.76 Å². The van der Waals surface area contributed by atoms with Crippen LogP contribution in [0.3, 0.4) is 0 Å². The van der Waals surface area contributed by atoms with Gasteiger partial charge in [0.25, 0.3) is 5.91 Å². The van der Waals surface area contributed by atoms with Gasteiger partial charge in [0.2, 0.25) is 5.91 Å². The Bertz CT molecular complexity index is 1030. The number of hydrogen-bond acceptors (Lipinski definition) is 4. The Morgan fingerprint density at radius 2 is 1.97 bits per heavy atom. The standard InChI is InChI=1S/C24H24N2O4/c1-29-20-11-6-17(7-12-20)8-13-23(27)25-19-10-9-18-4-2-14-26(21(18)16-19)24(28)22-5-3-15-30-22/h3,5-7,9-12,15-16H,2,4,8,13-14H2,1H3,(H,25,27). The molecule has 0 aliphatic carbocycles. The number of ether oxygens (including phenoxy) is 1. The van der Waals surface area contributed by atoms with Gasteiger partial charge in [0.1, 0.15) is 5.75 Å². The lowest BCUT2D eigenvalue weighted by Crippen LogP contribution is -2.35. The van der Waals surface area contributed by atoms with Gasteiger partial charge < -0.3 is 19.4 Å². The van der Waals surface area contributed by atoms with Crippen molar-refractivity contribution in [2.45, 2.75) is 25.7 Å². The van der Waals surface area contributed by atoms with Crippen molar-refractivity contribution in [3.8, 4) is 5.75 Å². The molecule has 1 aromatic heterocycles. The van der Waals surface area contributed by atoms with Gasteiger partial charge in [-0.05, 0) is 66.8 Å². The van der Waals surface area contributed by atoms with E-state index in [2.05, 4.69) is 5.32 Å². The first-order chi connectivity index (χ1) is 14.6. The molecule has 30 heavy (non-hydrogen) atoms. The number of furan rings is 1. The number of amides is 2. The number of methoxy groups -OCH3 is 1. The predicted octanol–water partition coefficient (Wildman–Crippen LogP) is 4.45. The van der Waals surface area contributed by atoms with Crippen LogP contribution in [0, 0.1) is 0 Å². The molecule has 6 nitrogen and oxygen atoms in total. The fourth-order valence-corrected chi connectivity index (χ4v) is 3.67. The van der Waals surface area contributed by atoms with Gasteiger partial charge >= 0.3 is 0 Å². The maximum Gasteiger partial charge on any atom is 0.293 e. The lowest BCUT2D eigenvalue weighted by atomic mass is 10.0. The van der Waals surface area contributed by atoms with Crippen LogP contribution in [0.2, 0.25) is 0 Å². The Hall–Kier alpha value is -3.54. The number of hydrogen-bond donors (Lipinski definition) is 1. The topological polar surface area (TPSA) is 71.8 Å². The second-order valence-corrected chi connectivity index (χ2v) is 7.28. The highest BCUT2D eigenvalue weighted by molar-refractivity contribution is 6.05. The second kappa shape index (κ2) is 8.86. The molecule has 0 unspecified atom stereocenters. The molecule has 0 radical (unpaired) electrons. The van der Waals surface area contributed by atoms with Gasteiger partial charge in [-0.3, -0.25) is 9.59 Å². The van der Waals surface area contributed by atoms with Crippen LogP contribution in [0.25, 0.3) is 0 Å². The Balaban J connectivity index is 1.43. The van der Waals surface area contributed by atoms with E-state index < -0.39 is 0 Å². The summed E-state index contributed by atoms with van der Waals surface area (Å²) < 4.78 is 10.4. The van der Waals surface area contributed by atoms with Crippen LogP contribution in [-0.4, -0.2) is 25.5 Å². The van der Waals surface area contributed by atoms with Crippen LogP contribution < -0.4 is 15.0 Å². The lowest BCUT2D eigenvalue weighted by molar-refractivity contribution is -0.116. The molecule has 0 fully saturated rings. The van der Waals surface area contributed by atoms with Crippen molar-refractivity contribution in [3.05, 3.63) is 77.7 Å². The van der Waals surface area contributed by atoms with Gasteiger partial charge in [-0.25, -0.2) is 0 Å². The van der Waals surface area contributed by atoms with Crippen molar-refractivity contribution in [2.75, 3.05) is 23.9 Å². The smallest absolute Gasteiger partial charge is 0.293 e. The predicted molar refractivity (Wildman–Crippen MR) is 115 cm³/mol. The summed E-state index contributed by atoms with van der Waals surface area (Å²) in [7, 11) is 1.63. The maximum atomic E-state index is 12.8. The second-order valence-electron chi connectivity index (χ2n) is 7.28. The normalized spacial score (nSPS) is 12.9. The molecule has 6 heteroatoms. The third-order valence-electron chi connectivity index (χ3n) is 5.26. The first-order valence-electron chi connectivity index (χ1n) is 10.0. The number of aryl methyl sites for hydroxylation is 2. The molecule has 1 N–H and O–H groups in total. The first kappa shape index (κ1) is 19.8. The summed E-state index contributed by atoms with van der Waals surface area (Å²) in [6.45, 7) is 0.626. The van der Waals surface area contributed by atoms with Gasteiger partial charge in [-0.1, -0.05) is 18.2 Å². The van der Waals surface area contributed by atoms with Crippen molar-refractivity contribution in [1.82, 2.24) is 0 Å². The van der Waals surface area contributed by atoms with Crippen LogP contribution in [0.4, 0.5) is 11.4 Å². The quantitative estimate of drug-likeness (QED) is 0.659. The van der Waals surface area contributed by atoms with Gasteiger partial charge in [-0.15, -0.1) is 0 Å². The summed E-state index contributed by atoms with van der Waals surface area (Å²) >= 11 is 0. The fraction of sp³-hybridized carbons (Fsp3) is 0.250. The Labute approximate surface area is 175 Å². The Morgan fingerprint density at radius 1 is 1.13 bits per heavy atom. The van der Waals surface area contributed by atoms with Crippen molar-refractivity contribution in [1.29, 1.82) is 0 Å². The minimum atomic E-state index is -0.163. The Kier molecular flexibility index (Phi) is 5.84. The zero-order chi connectivity index (χ0) is 20.9. The Morgan fingerprint density at radius 3 is 2.70 bits per heavy atom. The SMILES string of the molecule is COc1ccc(CCC(=O)Nc2ccc3c(c2)N(C(=O)c2ccco2)CCC3)cc1. The van der Waals surface area contributed by atoms with E-state index in [1.54, 1.807) is 24.1 Å². The van der Waals surface area contributed by atoms with E-state index in [9.17, 15) is 9.59 Å². The zero-order valence-corrected chi connectivity index (χ0v) is 16.9. The summed E-state index contributed by atoms with van der Waals surface area (Å²) in [6, 6.07) is 16.8. The molecule has 0 spiro atoms. The van der Waals surface area contributed by atoms with Crippen LogP contribution in [-0.2, 0) is 17.6 Å². The van der Waals surface area contributed by atoms with Gasteiger partial charge in [-0.2, -0.15) is 0 Å². The van der Waals surface area contributed by atoms with Crippen LogP contribution in [0.5, 0.6) is 5.75 Å². The summed E-state index contributed by atoms with van der Waals surface area (Å²) in [5.41, 5.74) is 3.69. The number of nitrogens with zero attached hydrogens (tertiary/aromatic N) is 1. The highest BCUT2D eigenvalue weighted by atomic mass is 16.5. The largest absolute Gasteiger partial charge is 0.497 e. The maximum absolute atomic E-state index is 12.8. The number of carbonyl (C=O) groups is 2. The number of fused-ring (bicyclic) bond motifs is 1. The van der Waals surface area contributed by atoms with Crippen molar-refractivity contribution in [2.24, 2.45) is 0 Å². The molecule has 0 saturated heterocycles. The van der Waals surface area contributed by atoms with E-state index in [4.69, 9.17) is 9.15 Å². The average Bonchev–Trinajstić information content (AvgIpc) is 3.32. The monoisotopic (exact) mass is 404 g/mol. The van der Waals surface area contributed by atoms with Crippen LogP contribution in [0.15, 0.2) is 65.3 Å². The summed E-state index contributed by atoms with van der Waals surface area (Å²) in [5, 5.41) is 2.95. The van der Waals surface area contributed by atoms with Gasteiger partial charge in [0, 0.05) is 24.3 Å². The number of nitrogens with one attached hydrogen (secondary N) is 1. The van der Waals surface area contributed by atoms with Gasteiger partial charge in [0.05, 0.1) is 13.4 Å². The molecular weight excluding hydrogens is 380 g/mol. The minimum absolute atomic E-state index is 0.0644. The molecule has 4 rings (SSSR count). The molecule has 0 atom stereocenters.